The first-order valence-electron chi connectivity index (χ1n) is 5.20. The van der Waals surface area contributed by atoms with Crippen molar-refractivity contribution in [3.63, 3.8) is 0 Å². The lowest BCUT2D eigenvalue weighted by atomic mass is 9.49. The first-order chi connectivity index (χ1) is 6.58. The van der Waals surface area contributed by atoms with Crippen molar-refractivity contribution in [3.8, 4) is 0 Å². The molecule has 0 N–H and O–H groups in total. The van der Waals surface area contributed by atoms with Gasteiger partial charge in [0.15, 0.2) is 0 Å². The van der Waals surface area contributed by atoms with Crippen LogP contribution in [-0.2, 0) is 18.6 Å². The summed E-state index contributed by atoms with van der Waals surface area (Å²) in [6, 6.07) is 0. The van der Waals surface area contributed by atoms with Gasteiger partial charge in [0.2, 0.25) is 0 Å². The molecule has 0 unspecified atom stereocenters. The third-order valence-electron chi connectivity index (χ3n) is 2.94. The lowest BCUT2D eigenvalue weighted by Gasteiger charge is -2.07. The molecular weight excluding hydrogens is 182 g/mol. The van der Waals surface area contributed by atoms with Gasteiger partial charge in [-0.25, -0.2) is 0 Å². The molecule has 2 saturated heterocycles. The summed E-state index contributed by atoms with van der Waals surface area (Å²) in [5.41, 5.74) is 0. The molecule has 0 aromatic rings. The monoisotopic (exact) mass is 198 g/mol. The van der Waals surface area contributed by atoms with E-state index in [2.05, 4.69) is 0 Å². The van der Waals surface area contributed by atoms with Crippen molar-refractivity contribution < 1.29 is 18.6 Å². The summed E-state index contributed by atoms with van der Waals surface area (Å²) in [5.74, 6) is 0. The molecule has 14 heavy (non-hydrogen) atoms. The van der Waals surface area contributed by atoms with Gasteiger partial charge in [-0.15, -0.1) is 0 Å². The Morgan fingerprint density at radius 1 is 0.571 bits per heavy atom. The molecule has 6 heteroatoms. The maximum Gasteiger partial charge on any atom is 0.488 e. The predicted molar refractivity (Wildman–Crippen MR) is 53.7 cm³/mol. The Hall–Kier alpha value is -0.0301. The average Bonchev–Trinajstić information content (AvgIpc) is 2.60. The van der Waals surface area contributed by atoms with Crippen LogP contribution in [0.3, 0.4) is 0 Å². The molecular formula is C8H16B2O4. The van der Waals surface area contributed by atoms with E-state index in [9.17, 15) is 0 Å². The summed E-state index contributed by atoms with van der Waals surface area (Å²) >= 11 is 0. The van der Waals surface area contributed by atoms with Crippen molar-refractivity contribution in [1.29, 1.82) is 0 Å². The van der Waals surface area contributed by atoms with E-state index in [1.54, 1.807) is 0 Å². The zero-order chi connectivity index (χ0) is 10.3. The van der Waals surface area contributed by atoms with E-state index >= 15 is 0 Å². The molecule has 78 valence electrons. The van der Waals surface area contributed by atoms with E-state index in [1.165, 1.54) is 0 Å². The van der Waals surface area contributed by atoms with Crippen LogP contribution in [0.15, 0.2) is 0 Å². The molecule has 2 aliphatic heterocycles. The van der Waals surface area contributed by atoms with Crippen LogP contribution in [0, 0.1) is 0 Å². The average molecular weight is 198 g/mol. The van der Waals surface area contributed by atoms with Crippen molar-refractivity contribution in [2.24, 2.45) is 0 Å². The van der Waals surface area contributed by atoms with Gasteiger partial charge in [-0.1, -0.05) is 0 Å². The summed E-state index contributed by atoms with van der Waals surface area (Å²) in [6.07, 6.45) is 0.439. The predicted octanol–water partition coefficient (Wildman–Crippen LogP) is 0.689. The maximum absolute atomic E-state index is 5.58. The van der Waals surface area contributed by atoms with Crippen LogP contribution in [0.5, 0.6) is 0 Å². The van der Waals surface area contributed by atoms with E-state index in [-0.39, 0.29) is 38.4 Å². The topological polar surface area (TPSA) is 36.9 Å². The van der Waals surface area contributed by atoms with E-state index in [0.29, 0.717) is 0 Å². The van der Waals surface area contributed by atoms with E-state index in [0.717, 1.165) is 0 Å². The summed E-state index contributed by atoms with van der Waals surface area (Å²) < 4.78 is 22.3. The van der Waals surface area contributed by atoms with Gasteiger partial charge >= 0.3 is 14.0 Å². The molecule has 0 aromatic carbocycles. The van der Waals surface area contributed by atoms with Crippen molar-refractivity contribution in [3.05, 3.63) is 0 Å². The Bertz CT molecular complexity index is 174. The second-order valence-electron chi connectivity index (χ2n) is 4.10. The van der Waals surface area contributed by atoms with E-state index < -0.39 is 0 Å². The Morgan fingerprint density at radius 2 is 0.786 bits per heavy atom. The standard InChI is InChI=1S/C8H16B2O4/c1-5-6(2)12-9(11-5)10-13-7(3)8(4)14-10/h5-8H,1-4H3/t5-,6-,7+,8+. The Kier molecular flexibility index (Phi) is 2.88. The minimum Gasteiger partial charge on any atom is -0.408 e. The number of hydrogen-bond acceptors (Lipinski definition) is 4. The minimum absolute atomic E-state index is 0.110. The van der Waals surface area contributed by atoms with Gasteiger partial charge in [-0.05, 0) is 27.7 Å². The Morgan fingerprint density at radius 3 is 1.00 bits per heavy atom. The van der Waals surface area contributed by atoms with Crippen LogP contribution in [0.25, 0.3) is 0 Å². The highest BCUT2D eigenvalue weighted by Crippen LogP contribution is 2.24. The van der Waals surface area contributed by atoms with Gasteiger partial charge in [0.25, 0.3) is 0 Å². The molecule has 2 fully saturated rings. The minimum atomic E-state index is -0.368. The van der Waals surface area contributed by atoms with Crippen molar-refractivity contribution in [2.75, 3.05) is 0 Å². The molecule has 2 rings (SSSR count). The first-order valence-corrected chi connectivity index (χ1v) is 5.20. The summed E-state index contributed by atoms with van der Waals surface area (Å²) in [4.78, 5) is 0. The summed E-state index contributed by atoms with van der Waals surface area (Å²) in [5, 5.41) is 0. The number of rotatable bonds is 1. The second-order valence-corrected chi connectivity index (χ2v) is 4.10. The van der Waals surface area contributed by atoms with Gasteiger partial charge in [0.1, 0.15) is 0 Å². The zero-order valence-corrected chi connectivity index (χ0v) is 9.10. The second kappa shape index (κ2) is 3.85. The lowest BCUT2D eigenvalue weighted by molar-refractivity contribution is 0.187. The Labute approximate surface area is 85.5 Å². The molecule has 0 spiro atoms. The molecule has 0 aromatic heterocycles. The molecule has 0 amide bonds. The highest BCUT2D eigenvalue weighted by atomic mass is 16.7. The maximum atomic E-state index is 5.58. The SMILES string of the molecule is C[C@@H]1OB(B2O[C@H](C)[C@@H](C)O2)O[C@H]1C. The van der Waals surface area contributed by atoms with Gasteiger partial charge in [-0.3, -0.25) is 0 Å². The van der Waals surface area contributed by atoms with E-state index in [1.807, 2.05) is 27.7 Å². The van der Waals surface area contributed by atoms with E-state index in [4.69, 9.17) is 18.6 Å². The quantitative estimate of drug-likeness (QED) is 0.580. The first kappa shape index (κ1) is 10.5. The molecule has 2 aliphatic rings. The molecule has 0 aliphatic carbocycles. The zero-order valence-electron chi connectivity index (χ0n) is 9.10. The molecule has 0 bridgehead atoms. The molecule has 0 radical (unpaired) electrons. The number of hydrogen-bond donors (Lipinski definition) is 0. The van der Waals surface area contributed by atoms with Crippen LogP contribution in [0.1, 0.15) is 27.7 Å². The van der Waals surface area contributed by atoms with Gasteiger partial charge in [0, 0.05) is 0 Å². The van der Waals surface area contributed by atoms with Crippen LogP contribution in [-0.4, -0.2) is 38.4 Å². The van der Waals surface area contributed by atoms with Crippen LogP contribution >= 0.6 is 0 Å². The fourth-order valence-electron chi connectivity index (χ4n) is 1.61. The van der Waals surface area contributed by atoms with Gasteiger partial charge in [-0.2, -0.15) is 0 Å². The van der Waals surface area contributed by atoms with Crippen molar-refractivity contribution >= 4 is 14.0 Å². The normalized spacial score (nSPS) is 43.7. The lowest BCUT2D eigenvalue weighted by Crippen LogP contribution is -2.39. The van der Waals surface area contributed by atoms with Crippen LogP contribution in [0.2, 0.25) is 0 Å². The molecule has 4 nitrogen and oxygen atoms in total. The third kappa shape index (κ3) is 1.84. The van der Waals surface area contributed by atoms with Crippen LogP contribution < -0.4 is 0 Å². The van der Waals surface area contributed by atoms with Gasteiger partial charge in [0.05, 0.1) is 24.4 Å². The largest absolute Gasteiger partial charge is 0.488 e. The van der Waals surface area contributed by atoms with Crippen molar-refractivity contribution in [2.45, 2.75) is 52.1 Å². The summed E-state index contributed by atoms with van der Waals surface area (Å²) in [6.45, 7) is 7.97. The smallest absolute Gasteiger partial charge is 0.408 e. The highest BCUT2D eigenvalue weighted by Gasteiger charge is 2.51. The highest BCUT2D eigenvalue weighted by molar-refractivity contribution is 7.11. The third-order valence-corrected chi connectivity index (χ3v) is 2.94. The summed E-state index contributed by atoms with van der Waals surface area (Å²) in [7, 11) is -0.736. The van der Waals surface area contributed by atoms with Crippen LogP contribution in [0.4, 0.5) is 0 Å². The Balaban J connectivity index is 1.92. The molecule has 2 heterocycles. The fourth-order valence-corrected chi connectivity index (χ4v) is 1.61. The molecule has 0 saturated carbocycles. The van der Waals surface area contributed by atoms with Gasteiger partial charge < -0.3 is 18.6 Å². The molecule has 4 atom stereocenters. The fraction of sp³-hybridized carbons (Fsp3) is 1.00. The van der Waals surface area contributed by atoms with Crippen molar-refractivity contribution in [1.82, 2.24) is 0 Å².